The van der Waals surface area contributed by atoms with Crippen molar-refractivity contribution in [2.45, 2.75) is 18.7 Å². The van der Waals surface area contributed by atoms with Crippen molar-refractivity contribution in [1.82, 2.24) is 0 Å². The van der Waals surface area contributed by atoms with Crippen molar-refractivity contribution in [3.63, 3.8) is 0 Å². The first-order valence-electron chi connectivity index (χ1n) is 5.99. The van der Waals surface area contributed by atoms with Crippen LogP contribution in [0.2, 0.25) is 0 Å². The van der Waals surface area contributed by atoms with Gasteiger partial charge in [0.05, 0.1) is 10.6 Å². The Hall–Kier alpha value is -2.21. The number of nitrogens with one attached hydrogen (secondary N) is 1. The number of nitrogen functional groups attached to an aromatic ring is 1. The van der Waals surface area contributed by atoms with Gasteiger partial charge in [-0.3, -0.25) is 4.72 Å². The minimum absolute atomic E-state index is 0.0366. The fraction of sp³-hybridized carbons (Fsp3) is 0.143. The molecule has 0 aliphatic heterocycles. The maximum Gasteiger partial charge on any atom is 0.262 e. The van der Waals surface area contributed by atoms with Crippen LogP contribution in [-0.4, -0.2) is 13.5 Å². The highest BCUT2D eigenvalue weighted by molar-refractivity contribution is 7.92. The molecule has 0 heterocycles. The molecule has 0 fully saturated rings. The predicted octanol–water partition coefficient (Wildman–Crippen LogP) is 2.39. The average molecular weight is 292 g/mol. The molecule has 0 bridgehead atoms. The van der Waals surface area contributed by atoms with E-state index < -0.39 is 10.0 Å². The van der Waals surface area contributed by atoms with Gasteiger partial charge in [-0.1, -0.05) is 12.1 Å². The summed E-state index contributed by atoms with van der Waals surface area (Å²) < 4.78 is 27.1. The number of anilines is 2. The van der Waals surface area contributed by atoms with E-state index in [1.165, 1.54) is 12.1 Å². The summed E-state index contributed by atoms with van der Waals surface area (Å²) in [5.41, 5.74) is 7.61. The van der Waals surface area contributed by atoms with E-state index in [9.17, 15) is 13.5 Å². The van der Waals surface area contributed by atoms with Crippen molar-refractivity contribution < 1.29 is 13.5 Å². The molecule has 0 amide bonds. The lowest BCUT2D eigenvalue weighted by Gasteiger charge is -2.12. The molecule has 106 valence electrons. The van der Waals surface area contributed by atoms with Gasteiger partial charge in [-0.25, -0.2) is 8.42 Å². The van der Waals surface area contributed by atoms with Crippen molar-refractivity contribution in [2.24, 2.45) is 0 Å². The Bertz CT molecular complexity index is 755. The molecule has 0 spiro atoms. The van der Waals surface area contributed by atoms with Crippen LogP contribution in [0.15, 0.2) is 41.3 Å². The second-order valence-electron chi connectivity index (χ2n) is 4.58. The van der Waals surface area contributed by atoms with Gasteiger partial charge in [-0.15, -0.1) is 0 Å². The highest BCUT2D eigenvalue weighted by atomic mass is 32.2. The first kappa shape index (κ1) is 14.2. The molecule has 0 radical (unpaired) electrons. The molecule has 5 nitrogen and oxygen atoms in total. The summed E-state index contributed by atoms with van der Waals surface area (Å²) in [6.45, 7) is 3.38. The third kappa shape index (κ3) is 2.70. The maximum absolute atomic E-state index is 12.3. The van der Waals surface area contributed by atoms with Gasteiger partial charge in [0.15, 0.2) is 0 Å². The van der Waals surface area contributed by atoms with Gasteiger partial charge in [0, 0.05) is 11.8 Å². The number of sulfonamides is 1. The Morgan fingerprint density at radius 2 is 1.85 bits per heavy atom. The topological polar surface area (TPSA) is 92.4 Å². The van der Waals surface area contributed by atoms with E-state index in [-0.39, 0.29) is 10.6 Å². The third-order valence-electron chi connectivity index (χ3n) is 3.08. The van der Waals surface area contributed by atoms with Crippen molar-refractivity contribution in [3.05, 3.63) is 47.5 Å². The Balaban J connectivity index is 2.41. The molecule has 4 N–H and O–H groups in total. The van der Waals surface area contributed by atoms with E-state index in [0.29, 0.717) is 22.5 Å². The van der Waals surface area contributed by atoms with E-state index in [4.69, 9.17) is 5.73 Å². The van der Waals surface area contributed by atoms with Crippen LogP contribution in [-0.2, 0) is 10.0 Å². The van der Waals surface area contributed by atoms with Crippen molar-refractivity contribution >= 4 is 21.4 Å². The number of benzene rings is 2. The average Bonchev–Trinajstić information content (AvgIpc) is 2.36. The molecule has 0 saturated carbocycles. The first-order chi connectivity index (χ1) is 9.31. The number of phenolic OH excluding ortho intramolecular Hbond substituents is 1. The molecule has 6 heteroatoms. The number of aryl methyl sites for hydroxylation is 1. The quantitative estimate of drug-likeness (QED) is 0.757. The fourth-order valence-corrected chi connectivity index (χ4v) is 3.13. The molecule has 0 unspecified atom stereocenters. The van der Waals surface area contributed by atoms with E-state index in [1.54, 1.807) is 38.1 Å². The van der Waals surface area contributed by atoms with E-state index in [2.05, 4.69) is 4.72 Å². The zero-order chi connectivity index (χ0) is 14.9. The minimum atomic E-state index is -3.74. The monoisotopic (exact) mass is 292 g/mol. The second kappa shape index (κ2) is 5.05. The maximum atomic E-state index is 12.3. The molecule has 0 atom stereocenters. The molecule has 0 aliphatic rings. The Morgan fingerprint density at radius 1 is 1.15 bits per heavy atom. The summed E-state index contributed by atoms with van der Waals surface area (Å²) in [5, 5.41) is 9.61. The Kier molecular flexibility index (Phi) is 3.59. The van der Waals surface area contributed by atoms with Gasteiger partial charge in [0.1, 0.15) is 5.75 Å². The lowest BCUT2D eigenvalue weighted by atomic mass is 10.2. The normalized spacial score (nSPS) is 11.3. The second-order valence-corrected chi connectivity index (χ2v) is 6.23. The van der Waals surface area contributed by atoms with Crippen LogP contribution in [0.3, 0.4) is 0 Å². The Labute approximate surface area is 118 Å². The number of phenols is 1. The number of hydrogen-bond donors (Lipinski definition) is 3. The molecular formula is C14H16N2O3S. The first-order valence-corrected chi connectivity index (χ1v) is 7.47. The molecule has 0 saturated heterocycles. The summed E-state index contributed by atoms with van der Waals surface area (Å²) in [5.74, 6) is 0.0366. The predicted molar refractivity (Wildman–Crippen MR) is 79.2 cm³/mol. The van der Waals surface area contributed by atoms with Gasteiger partial charge < -0.3 is 10.8 Å². The zero-order valence-electron chi connectivity index (χ0n) is 11.2. The van der Waals surface area contributed by atoms with Crippen LogP contribution < -0.4 is 10.5 Å². The van der Waals surface area contributed by atoms with Crippen LogP contribution in [0.4, 0.5) is 11.4 Å². The minimum Gasteiger partial charge on any atom is -0.508 e. The van der Waals surface area contributed by atoms with Crippen LogP contribution in [0.25, 0.3) is 0 Å². The summed E-state index contributed by atoms with van der Waals surface area (Å²) in [6, 6.07) is 9.32. The lowest BCUT2D eigenvalue weighted by Crippen LogP contribution is -2.14. The fourth-order valence-electron chi connectivity index (χ4n) is 1.81. The molecular weight excluding hydrogens is 276 g/mol. The SMILES string of the molecule is Cc1ccc(NS(=O)(=O)c2cccc(N)c2C)cc1O. The highest BCUT2D eigenvalue weighted by Gasteiger charge is 2.18. The summed E-state index contributed by atoms with van der Waals surface area (Å²) >= 11 is 0. The number of rotatable bonds is 3. The summed E-state index contributed by atoms with van der Waals surface area (Å²) in [7, 11) is -3.74. The third-order valence-corrected chi connectivity index (χ3v) is 4.60. The molecule has 2 rings (SSSR count). The van der Waals surface area contributed by atoms with Crippen LogP contribution >= 0.6 is 0 Å². The van der Waals surface area contributed by atoms with Gasteiger partial charge in [0.25, 0.3) is 10.0 Å². The molecule has 20 heavy (non-hydrogen) atoms. The molecule has 0 aliphatic carbocycles. The number of nitrogens with two attached hydrogens (primary N) is 1. The highest BCUT2D eigenvalue weighted by Crippen LogP contribution is 2.26. The van der Waals surface area contributed by atoms with Gasteiger partial charge in [-0.05, 0) is 43.2 Å². The van der Waals surface area contributed by atoms with E-state index in [1.807, 2.05) is 0 Å². The number of aromatic hydroxyl groups is 1. The Morgan fingerprint density at radius 3 is 2.50 bits per heavy atom. The summed E-state index contributed by atoms with van der Waals surface area (Å²) in [6.07, 6.45) is 0. The van der Waals surface area contributed by atoms with Gasteiger partial charge in [-0.2, -0.15) is 0 Å². The van der Waals surface area contributed by atoms with Crippen LogP contribution in [0.1, 0.15) is 11.1 Å². The summed E-state index contributed by atoms with van der Waals surface area (Å²) in [4.78, 5) is 0.123. The molecule has 2 aromatic rings. The lowest BCUT2D eigenvalue weighted by molar-refractivity contribution is 0.471. The van der Waals surface area contributed by atoms with Crippen molar-refractivity contribution in [1.29, 1.82) is 0 Å². The van der Waals surface area contributed by atoms with Gasteiger partial charge in [0.2, 0.25) is 0 Å². The van der Waals surface area contributed by atoms with Crippen molar-refractivity contribution in [2.75, 3.05) is 10.5 Å². The van der Waals surface area contributed by atoms with Crippen molar-refractivity contribution in [3.8, 4) is 5.75 Å². The number of hydrogen-bond acceptors (Lipinski definition) is 4. The van der Waals surface area contributed by atoms with E-state index >= 15 is 0 Å². The van der Waals surface area contributed by atoms with Gasteiger partial charge >= 0.3 is 0 Å². The molecule has 0 aromatic heterocycles. The van der Waals surface area contributed by atoms with E-state index in [0.717, 1.165) is 0 Å². The van der Waals surface area contributed by atoms with Crippen LogP contribution in [0.5, 0.6) is 5.75 Å². The largest absolute Gasteiger partial charge is 0.508 e. The smallest absolute Gasteiger partial charge is 0.262 e. The van der Waals surface area contributed by atoms with Crippen LogP contribution in [0, 0.1) is 13.8 Å². The standard InChI is InChI=1S/C14H16N2O3S/c1-9-6-7-11(8-13(9)17)16-20(18,19)14-5-3-4-12(15)10(14)2/h3-8,16-17H,15H2,1-2H3. The zero-order valence-corrected chi connectivity index (χ0v) is 12.0. The molecule has 2 aromatic carbocycles.